The fourth-order valence-corrected chi connectivity index (χ4v) is 5.05. The first-order chi connectivity index (χ1) is 16.0. The van der Waals surface area contributed by atoms with Crippen molar-refractivity contribution in [1.29, 1.82) is 0 Å². The van der Waals surface area contributed by atoms with Crippen molar-refractivity contribution in [2.75, 3.05) is 31.1 Å². The summed E-state index contributed by atoms with van der Waals surface area (Å²) in [5, 5.41) is 18.5. The second kappa shape index (κ2) is 11.7. The number of rotatable bonds is 4. The van der Waals surface area contributed by atoms with Gasteiger partial charge in [-0.1, -0.05) is 35.1 Å². The van der Waals surface area contributed by atoms with E-state index in [2.05, 4.69) is 39.1 Å². The van der Waals surface area contributed by atoms with Crippen molar-refractivity contribution in [2.24, 2.45) is 0 Å². The van der Waals surface area contributed by atoms with Crippen molar-refractivity contribution >= 4 is 34.0 Å². The van der Waals surface area contributed by atoms with Crippen LogP contribution in [-0.4, -0.2) is 76.8 Å². The summed E-state index contributed by atoms with van der Waals surface area (Å²) in [4.78, 5) is 14.0. The third kappa shape index (κ3) is 7.53. The van der Waals surface area contributed by atoms with Crippen LogP contribution in [0.15, 0.2) is 24.3 Å². The number of nitrogens with zero attached hydrogens (tertiary/aromatic N) is 4. The molecule has 2 aromatic rings. The second-order valence-corrected chi connectivity index (χ2v) is 10.0. The van der Waals surface area contributed by atoms with E-state index in [1.165, 1.54) is 18.4 Å². The molecule has 0 amide bonds. The maximum Gasteiger partial charge on any atom is 0.490 e. The standard InChI is InChI=1S/C20H27ClN4OS.C2HF3O2/c1-14-12-25(19(13-26-14)11-16-3-5-17(21)6-4-16)18-7-9-24(10-8-18)20-23-22-15(2)27-20;3-2(4,5)1(6)7/h3-6,14,18-19H,7-13H2,1-2H3;(H,6,7)/t14-,19-;/m0./s1. The number of carboxylic acids is 1. The number of benzene rings is 1. The van der Waals surface area contributed by atoms with Crippen LogP contribution in [-0.2, 0) is 16.0 Å². The minimum atomic E-state index is -5.08. The lowest BCUT2D eigenvalue weighted by Crippen LogP contribution is -2.56. The Kier molecular flexibility index (Phi) is 9.14. The number of piperidine rings is 1. The summed E-state index contributed by atoms with van der Waals surface area (Å²) in [7, 11) is 0. The number of hydrogen-bond acceptors (Lipinski definition) is 7. The van der Waals surface area contributed by atoms with Crippen molar-refractivity contribution in [3.8, 4) is 0 Å². The molecule has 2 aliphatic rings. The molecule has 2 fully saturated rings. The fraction of sp³-hybridized carbons (Fsp3) is 0.591. The number of anilines is 1. The van der Waals surface area contributed by atoms with Crippen LogP contribution in [0.3, 0.4) is 0 Å². The van der Waals surface area contributed by atoms with Gasteiger partial charge in [0.1, 0.15) is 5.01 Å². The number of aryl methyl sites for hydroxylation is 1. The molecule has 2 aliphatic heterocycles. The lowest BCUT2D eigenvalue weighted by atomic mass is 9.96. The molecular weight excluding hydrogens is 493 g/mol. The molecule has 4 rings (SSSR count). The van der Waals surface area contributed by atoms with Crippen LogP contribution in [0.25, 0.3) is 0 Å². The van der Waals surface area contributed by atoms with Gasteiger partial charge in [-0.05, 0) is 50.8 Å². The Hall–Kier alpha value is -1.95. The summed E-state index contributed by atoms with van der Waals surface area (Å²) in [6, 6.07) is 9.28. The van der Waals surface area contributed by atoms with E-state index in [1.807, 2.05) is 19.1 Å². The van der Waals surface area contributed by atoms with E-state index in [0.29, 0.717) is 18.2 Å². The van der Waals surface area contributed by atoms with Crippen molar-refractivity contribution in [1.82, 2.24) is 15.1 Å². The number of aromatic nitrogens is 2. The summed E-state index contributed by atoms with van der Waals surface area (Å²) in [6.45, 7) is 8.13. The molecule has 0 spiro atoms. The number of ether oxygens (including phenoxy) is 1. The first-order valence-electron chi connectivity index (χ1n) is 11.0. The fourth-order valence-electron chi connectivity index (χ4n) is 4.19. The Morgan fingerprint density at radius 2 is 1.85 bits per heavy atom. The molecule has 2 atom stereocenters. The zero-order valence-electron chi connectivity index (χ0n) is 19.0. The number of aliphatic carboxylic acids is 1. The first-order valence-corrected chi connectivity index (χ1v) is 12.2. The third-order valence-electron chi connectivity index (χ3n) is 5.86. The van der Waals surface area contributed by atoms with E-state index >= 15 is 0 Å². The van der Waals surface area contributed by atoms with Crippen molar-refractivity contribution in [3.05, 3.63) is 39.9 Å². The zero-order chi connectivity index (χ0) is 24.9. The van der Waals surface area contributed by atoms with Crippen LogP contribution in [0, 0.1) is 6.92 Å². The summed E-state index contributed by atoms with van der Waals surface area (Å²) in [6.07, 6.45) is -1.43. The molecule has 3 heterocycles. The van der Waals surface area contributed by atoms with Crippen LogP contribution in [0.4, 0.5) is 18.3 Å². The average Bonchev–Trinajstić information content (AvgIpc) is 3.23. The summed E-state index contributed by atoms with van der Waals surface area (Å²) in [5.74, 6) is -2.76. The Morgan fingerprint density at radius 3 is 2.38 bits per heavy atom. The normalized spacial score (nSPS) is 22.2. The van der Waals surface area contributed by atoms with Gasteiger partial charge in [0.25, 0.3) is 0 Å². The number of morpholine rings is 1. The molecule has 1 N–H and O–H groups in total. The van der Waals surface area contributed by atoms with Crippen LogP contribution in [0.5, 0.6) is 0 Å². The van der Waals surface area contributed by atoms with Gasteiger partial charge >= 0.3 is 12.1 Å². The van der Waals surface area contributed by atoms with Crippen molar-refractivity contribution in [3.63, 3.8) is 0 Å². The smallest absolute Gasteiger partial charge is 0.475 e. The SMILES string of the molecule is Cc1nnc(N2CCC(N3C[C@H](C)OC[C@@H]3Cc3ccc(Cl)cc3)CC2)s1.O=C(O)C(F)(F)F. The number of carboxylic acid groups (broad SMARTS) is 1. The summed E-state index contributed by atoms with van der Waals surface area (Å²) in [5.41, 5.74) is 1.33. The van der Waals surface area contributed by atoms with Gasteiger partial charge in [0.15, 0.2) is 0 Å². The topological polar surface area (TPSA) is 78.8 Å². The maximum absolute atomic E-state index is 10.6. The molecule has 1 aromatic carbocycles. The van der Waals surface area contributed by atoms with Gasteiger partial charge in [0.2, 0.25) is 5.13 Å². The lowest BCUT2D eigenvalue weighted by molar-refractivity contribution is -0.192. The molecule has 12 heteroatoms. The highest BCUT2D eigenvalue weighted by Crippen LogP contribution is 2.28. The monoisotopic (exact) mass is 520 g/mol. The van der Waals surface area contributed by atoms with E-state index in [4.69, 9.17) is 26.2 Å². The number of halogens is 4. The number of alkyl halides is 3. The second-order valence-electron chi connectivity index (χ2n) is 8.45. The highest BCUT2D eigenvalue weighted by Gasteiger charge is 2.38. The van der Waals surface area contributed by atoms with Crippen molar-refractivity contribution < 1.29 is 27.8 Å². The molecule has 0 radical (unpaired) electrons. The summed E-state index contributed by atoms with van der Waals surface area (Å²) < 4.78 is 37.7. The van der Waals surface area contributed by atoms with Gasteiger partial charge in [-0.25, -0.2) is 4.79 Å². The largest absolute Gasteiger partial charge is 0.490 e. The molecule has 0 unspecified atom stereocenters. The lowest BCUT2D eigenvalue weighted by Gasteiger charge is -2.46. The van der Waals surface area contributed by atoms with Gasteiger partial charge in [0.05, 0.1) is 12.7 Å². The minimum Gasteiger partial charge on any atom is -0.475 e. The van der Waals surface area contributed by atoms with E-state index in [1.54, 1.807) is 11.3 Å². The molecule has 0 aliphatic carbocycles. The Bertz CT molecular complexity index is 936. The molecular formula is C22H28ClF3N4O3S. The molecule has 0 saturated carbocycles. The Morgan fingerprint density at radius 1 is 1.24 bits per heavy atom. The third-order valence-corrected chi connectivity index (χ3v) is 7.01. The Labute approximate surface area is 205 Å². The highest BCUT2D eigenvalue weighted by atomic mass is 35.5. The minimum absolute atomic E-state index is 0.301. The molecule has 2 saturated heterocycles. The molecule has 1 aromatic heterocycles. The number of carbonyl (C=O) groups is 1. The highest BCUT2D eigenvalue weighted by molar-refractivity contribution is 7.15. The Balaban J connectivity index is 0.000000406. The van der Waals surface area contributed by atoms with E-state index in [-0.39, 0.29) is 0 Å². The van der Waals surface area contributed by atoms with Gasteiger partial charge in [-0.15, -0.1) is 10.2 Å². The maximum atomic E-state index is 10.6. The van der Waals surface area contributed by atoms with E-state index in [0.717, 1.165) is 47.8 Å². The molecule has 7 nitrogen and oxygen atoms in total. The molecule has 0 bridgehead atoms. The van der Waals surface area contributed by atoms with Gasteiger partial charge in [-0.3, -0.25) is 4.90 Å². The van der Waals surface area contributed by atoms with Crippen molar-refractivity contribution in [2.45, 2.75) is 57.5 Å². The molecule has 34 heavy (non-hydrogen) atoms. The van der Waals surface area contributed by atoms with Crippen LogP contribution < -0.4 is 4.90 Å². The van der Waals surface area contributed by atoms with Crippen LogP contribution >= 0.6 is 22.9 Å². The van der Waals surface area contributed by atoms with Gasteiger partial charge in [0, 0.05) is 36.7 Å². The van der Waals surface area contributed by atoms with E-state index < -0.39 is 12.1 Å². The molecule has 188 valence electrons. The first kappa shape index (κ1) is 26.7. The predicted molar refractivity (Wildman–Crippen MR) is 125 cm³/mol. The van der Waals surface area contributed by atoms with Crippen LogP contribution in [0.2, 0.25) is 5.02 Å². The van der Waals surface area contributed by atoms with Crippen LogP contribution in [0.1, 0.15) is 30.3 Å². The quantitative estimate of drug-likeness (QED) is 0.638. The number of hydrogen-bond donors (Lipinski definition) is 1. The zero-order valence-corrected chi connectivity index (χ0v) is 20.5. The van der Waals surface area contributed by atoms with Gasteiger partial charge in [-0.2, -0.15) is 13.2 Å². The predicted octanol–water partition coefficient (Wildman–Crippen LogP) is 4.43. The van der Waals surface area contributed by atoms with E-state index in [9.17, 15) is 13.2 Å². The van der Waals surface area contributed by atoms with Gasteiger partial charge < -0.3 is 14.7 Å². The average molecular weight is 521 g/mol. The summed E-state index contributed by atoms with van der Waals surface area (Å²) >= 11 is 7.74.